The lowest BCUT2D eigenvalue weighted by Gasteiger charge is -2.06. The average Bonchev–Trinajstić information content (AvgIpc) is 2.94. The van der Waals surface area contributed by atoms with Crippen LogP contribution in [0.5, 0.6) is 0 Å². The summed E-state index contributed by atoms with van der Waals surface area (Å²) in [6.45, 7) is 0. The molecule has 0 atom stereocenters. The number of allylic oxidation sites excluding steroid dienone is 2. The predicted molar refractivity (Wildman–Crippen MR) is 76.1 cm³/mol. The van der Waals surface area contributed by atoms with Crippen molar-refractivity contribution in [2.45, 2.75) is 0 Å². The number of nitriles is 3. The zero-order valence-electron chi connectivity index (χ0n) is 11.2. The Kier molecular flexibility index (Phi) is 4.00. The lowest BCUT2D eigenvalue weighted by atomic mass is 10.1. The Morgan fingerprint density at radius 1 is 1.10 bits per heavy atom. The number of hydrogen-bond acceptors (Lipinski definition) is 5. The molecule has 1 aromatic carbocycles. The van der Waals surface area contributed by atoms with Gasteiger partial charge < -0.3 is 9.88 Å². The molecule has 1 N–H and O–H groups in total. The molecule has 0 aliphatic rings. The van der Waals surface area contributed by atoms with Crippen molar-refractivity contribution in [3.05, 3.63) is 48.1 Å². The number of nitrogens with one attached hydrogen (secondary N) is 1. The highest BCUT2D eigenvalue weighted by Gasteiger charge is 2.07. The summed E-state index contributed by atoms with van der Waals surface area (Å²) in [5.41, 5.74) is 2.26. The summed E-state index contributed by atoms with van der Waals surface area (Å²) in [6.07, 6.45) is 3.47. The van der Waals surface area contributed by atoms with Crippen LogP contribution in [-0.4, -0.2) is 9.55 Å². The second-order valence-corrected chi connectivity index (χ2v) is 4.18. The summed E-state index contributed by atoms with van der Waals surface area (Å²) < 4.78 is 1.90. The summed E-state index contributed by atoms with van der Waals surface area (Å²) in [6, 6.07) is 12.5. The molecule has 6 heteroatoms. The first-order valence-corrected chi connectivity index (χ1v) is 5.98. The molecule has 0 aliphatic carbocycles. The molecular formula is C15H10N6. The highest BCUT2D eigenvalue weighted by Crippen LogP contribution is 2.21. The maximum Gasteiger partial charge on any atom is 0.163 e. The molecule has 1 aromatic heterocycles. The van der Waals surface area contributed by atoms with Crippen LogP contribution in [0.2, 0.25) is 0 Å². The first-order chi connectivity index (χ1) is 10.2. The van der Waals surface area contributed by atoms with Crippen LogP contribution in [0, 0.1) is 34.0 Å². The number of nitrogens with zero attached hydrogens (tertiary/aromatic N) is 5. The van der Waals surface area contributed by atoms with Gasteiger partial charge in [-0.05, 0) is 17.7 Å². The van der Waals surface area contributed by atoms with Crippen LogP contribution < -0.4 is 5.32 Å². The topological polar surface area (TPSA) is 101 Å². The van der Waals surface area contributed by atoms with Gasteiger partial charge in [0.05, 0.1) is 18.2 Å². The molecule has 0 bridgehead atoms. The van der Waals surface area contributed by atoms with Crippen molar-refractivity contribution in [1.29, 1.82) is 15.8 Å². The van der Waals surface area contributed by atoms with E-state index in [9.17, 15) is 0 Å². The highest BCUT2D eigenvalue weighted by atomic mass is 15.0. The third kappa shape index (κ3) is 2.89. The van der Waals surface area contributed by atoms with Crippen LogP contribution in [0.15, 0.2) is 48.1 Å². The van der Waals surface area contributed by atoms with Crippen LogP contribution in [0.3, 0.4) is 0 Å². The summed E-state index contributed by atoms with van der Waals surface area (Å²) in [4.78, 5) is 4.05. The molecule has 0 saturated carbocycles. The Balaban J connectivity index is 2.28. The van der Waals surface area contributed by atoms with Crippen molar-refractivity contribution in [3.63, 3.8) is 0 Å². The molecular weight excluding hydrogens is 264 g/mol. The first-order valence-electron chi connectivity index (χ1n) is 5.98. The van der Waals surface area contributed by atoms with Crippen molar-refractivity contribution in [1.82, 2.24) is 9.55 Å². The fraction of sp³-hybridized carbons (Fsp3) is 0.0667. The van der Waals surface area contributed by atoms with Crippen LogP contribution in [0.1, 0.15) is 0 Å². The lowest BCUT2D eigenvalue weighted by molar-refractivity contribution is 0.921. The third-order valence-electron chi connectivity index (χ3n) is 2.85. The van der Waals surface area contributed by atoms with Gasteiger partial charge in [-0.3, -0.25) is 0 Å². The minimum absolute atomic E-state index is 0.0618. The quantitative estimate of drug-likeness (QED) is 0.865. The van der Waals surface area contributed by atoms with Gasteiger partial charge in [-0.2, -0.15) is 15.8 Å². The number of anilines is 1. The van der Waals surface area contributed by atoms with E-state index in [0.29, 0.717) is 5.69 Å². The van der Waals surface area contributed by atoms with E-state index in [-0.39, 0.29) is 11.3 Å². The van der Waals surface area contributed by atoms with Gasteiger partial charge in [0, 0.05) is 12.7 Å². The zero-order chi connectivity index (χ0) is 15.2. The number of aromatic nitrogens is 2. The summed E-state index contributed by atoms with van der Waals surface area (Å²) in [5, 5.41) is 29.3. The number of aryl methyl sites for hydroxylation is 1. The minimum atomic E-state index is -0.242. The van der Waals surface area contributed by atoms with Gasteiger partial charge >= 0.3 is 0 Å². The second kappa shape index (κ2) is 6.06. The van der Waals surface area contributed by atoms with Crippen LogP contribution in [0.25, 0.3) is 11.3 Å². The molecule has 0 radical (unpaired) electrons. The van der Waals surface area contributed by atoms with Crippen molar-refractivity contribution in [2.75, 3.05) is 5.32 Å². The van der Waals surface area contributed by atoms with Crippen LogP contribution in [-0.2, 0) is 7.05 Å². The van der Waals surface area contributed by atoms with Crippen LogP contribution in [0.4, 0.5) is 5.69 Å². The Labute approximate surface area is 121 Å². The van der Waals surface area contributed by atoms with Gasteiger partial charge in [-0.25, -0.2) is 4.98 Å². The number of hydrogen-bond donors (Lipinski definition) is 1. The molecule has 0 amide bonds. The Morgan fingerprint density at radius 3 is 2.24 bits per heavy atom. The summed E-state index contributed by atoms with van der Waals surface area (Å²) >= 11 is 0. The molecule has 2 aromatic rings. The molecule has 0 spiro atoms. The van der Waals surface area contributed by atoms with E-state index in [1.54, 1.807) is 36.8 Å². The maximum absolute atomic E-state index is 8.98. The largest absolute Gasteiger partial charge is 0.345 e. The molecule has 1 heterocycles. The van der Waals surface area contributed by atoms with Gasteiger partial charge in [0.2, 0.25) is 0 Å². The van der Waals surface area contributed by atoms with Gasteiger partial charge in [0.25, 0.3) is 0 Å². The van der Waals surface area contributed by atoms with Crippen molar-refractivity contribution < 1.29 is 0 Å². The SMILES string of the molecule is Cn1cncc1-c1ccc(NC(C#N)=C(C#N)C#N)cc1. The standard InChI is InChI=1S/C15H10N6/c1-21-10-19-9-15(21)11-2-4-13(5-3-11)20-14(8-18)12(6-16)7-17/h2-5,9-10,20H,1H3. The van der Waals surface area contributed by atoms with Crippen molar-refractivity contribution >= 4 is 5.69 Å². The smallest absolute Gasteiger partial charge is 0.163 e. The summed E-state index contributed by atoms with van der Waals surface area (Å²) in [7, 11) is 1.90. The molecule has 0 aliphatic heterocycles. The maximum atomic E-state index is 8.98. The molecule has 0 unspecified atom stereocenters. The van der Waals surface area contributed by atoms with E-state index >= 15 is 0 Å². The number of rotatable bonds is 3. The molecule has 0 fully saturated rings. The average molecular weight is 274 g/mol. The minimum Gasteiger partial charge on any atom is -0.345 e. The van der Waals surface area contributed by atoms with E-state index in [4.69, 9.17) is 15.8 Å². The molecule has 21 heavy (non-hydrogen) atoms. The van der Waals surface area contributed by atoms with Gasteiger partial charge in [0.1, 0.15) is 23.9 Å². The molecule has 2 rings (SSSR count). The van der Waals surface area contributed by atoms with E-state index in [0.717, 1.165) is 11.3 Å². The second-order valence-electron chi connectivity index (χ2n) is 4.18. The molecule has 0 saturated heterocycles. The monoisotopic (exact) mass is 274 g/mol. The highest BCUT2D eigenvalue weighted by molar-refractivity contribution is 5.65. The zero-order valence-corrected chi connectivity index (χ0v) is 11.2. The number of benzene rings is 1. The Hall–Kier alpha value is -3.56. The number of imidazole rings is 1. The normalized spacial score (nSPS) is 9.05. The molecule has 6 nitrogen and oxygen atoms in total. The van der Waals surface area contributed by atoms with E-state index < -0.39 is 0 Å². The Morgan fingerprint density at radius 2 is 1.76 bits per heavy atom. The van der Waals surface area contributed by atoms with Gasteiger partial charge in [-0.1, -0.05) is 12.1 Å². The van der Waals surface area contributed by atoms with E-state index in [1.807, 2.05) is 29.8 Å². The van der Waals surface area contributed by atoms with E-state index in [2.05, 4.69) is 10.3 Å². The molecule has 100 valence electrons. The van der Waals surface area contributed by atoms with Crippen molar-refractivity contribution in [3.8, 4) is 29.5 Å². The van der Waals surface area contributed by atoms with E-state index in [1.165, 1.54) is 0 Å². The first kappa shape index (κ1) is 13.9. The van der Waals surface area contributed by atoms with Gasteiger partial charge in [0.15, 0.2) is 5.57 Å². The predicted octanol–water partition coefficient (Wildman–Crippen LogP) is 2.32. The van der Waals surface area contributed by atoms with Gasteiger partial charge in [-0.15, -0.1) is 0 Å². The summed E-state index contributed by atoms with van der Waals surface area (Å²) in [5.74, 6) is 0. The third-order valence-corrected chi connectivity index (χ3v) is 2.85. The van der Waals surface area contributed by atoms with Crippen LogP contribution >= 0.6 is 0 Å². The Bertz CT molecular complexity index is 790. The fourth-order valence-electron chi connectivity index (χ4n) is 1.79. The lowest BCUT2D eigenvalue weighted by Crippen LogP contribution is -2.00. The van der Waals surface area contributed by atoms with Crippen molar-refractivity contribution in [2.24, 2.45) is 7.05 Å². The fourth-order valence-corrected chi connectivity index (χ4v) is 1.79.